The number of carbonyl (C=O) groups excluding carboxylic acids is 1. The van der Waals surface area contributed by atoms with Crippen LogP contribution in [-0.4, -0.2) is 60.3 Å². The van der Waals surface area contributed by atoms with E-state index in [1.807, 2.05) is 0 Å². The molecule has 5 nitrogen and oxygen atoms in total. The molecule has 0 spiro atoms. The van der Waals surface area contributed by atoms with Crippen LogP contribution in [0, 0.1) is 0 Å². The maximum Gasteiger partial charge on any atom is 0.417 e. The third-order valence-electron chi connectivity index (χ3n) is 4.27. The number of nitrogens with zero attached hydrogens (tertiary/aromatic N) is 2. The van der Waals surface area contributed by atoms with E-state index >= 15 is 0 Å². The van der Waals surface area contributed by atoms with Crippen molar-refractivity contribution in [2.75, 3.05) is 26.7 Å². The van der Waals surface area contributed by atoms with Crippen LogP contribution in [0.3, 0.4) is 0 Å². The molecule has 1 fully saturated rings. The standard InChI is InChI=1S/C20H23F3N2O3S/c1-14(18(7-9-24-2)20(21,22)23)29-17-8-10-25(11-17)19(27)13-28-16-5-3-15(12-26)4-6-16/h3-7,9,17,26H,1,8,10-13H2,2H3/b18-7+,24-9?. The molecule has 9 heteroatoms. The molecule has 1 heterocycles. The lowest BCUT2D eigenvalue weighted by atomic mass is 10.2. The average molecular weight is 428 g/mol. The van der Waals surface area contributed by atoms with Crippen LogP contribution in [0.25, 0.3) is 0 Å². The van der Waals surface area contributed by atoms with E-state index in [2.05, 4.69) is 11.6 Å². The summed E-state index contributed by atoms with van der Waals surface area (Å²) in [5.74, 6) is 0.279. The maximum atomic E-state index is 13.2. The Kier molecular flexibility index (Phi) is 8.33. The highest BCUT2D eigenvalue weighted by molar-refractivity contribution is 8.03. The summed E-state index contributed by atoms with van der Waals surface area (Å²) in [7, 11) is 1.39. The number of amides is 1. The summed E-state index contributed by atoms with van der Waals surface area (Å²) in [6.45, 7) is 4.13. The van der Waals surface area contributed by atoms with Crippen molar-refractivity contribution >= 4 is 23.9 Å². The Bertz CT molecular complexity index is 776. The van der Waals surface area contributed by atoms with Crippen molar-refractivity contribution in [1.29, 1.82) is 0 Å². The van der Waals surface area contributed by atoms with Crippen molar-refractivity contribution in [2.24, 2.45) is 4.99 Å². The number of aliphatic imine (C=N–C) groups is 1. The number of aliphatic hydroxyl groups is 1. The summed E-state index contributed by atoms with van der Waals surface area (Å²) in [5, 5.41) is 8.85. The van der Waals surface area contributed by atoms with E-state index in [9.17, 15) is 18.0 Å². The fourth-order valence-electron chi connectivity index (χ4n) is 2.74. The van der Waals surface area contributed by atoms with Gasteiger partial charge in [-0.3, -0.25) is 9.79 Å². The van der Waals surface area contributed by atoms with Crippen LogP contribution in [0.4, 0.5) is 13.2 Å². The number of allylic oxidation sites excluding steroid dienone is 2. The van der Waals surface area contributed by atoms with E-state index in [4.69, 9.17) is 9.84 Å². The van der Waals surface area contributed by atoms with Gasteiger partial charge in [0.25, 0.3) is 5.91 Å². The van der Waals surface area contributed by atoms with Gasteiger partial charge in [-0.2, -0.15) is 13.2 Å². The van der Waals surface area contributed by atoms with Crippen molar-refractivity contribution in [3.05, 3.63) is 53.0 Å². The molecule has 29 heavy (non-hydrogen) atoms. The summed E-state index contributed by atoms with van der Waals surface area (Å²) in [5.41, 5.74) is -0.0895. The molecule has 0 saturated carbocycles. The number of aliphatic hydroxyl groups excluding tert-OH is 1. The van der Waals surface area contributed by atoms with Crippen molar-refractivity contribution in [3.63, 3.8) is 0 Å². The number of alkyl halides is 3. The Labute approximate surface area is 171 Å². The van der Waals surface area contributed by atoms with Crippen molar-refractivity contribution in [2.45, 2.75) is 24.5 Å². The molecule has 1 aromatic carbocycles. The Morgan fingerprint density at radius 1 is 1.41 bits per heavy atom. The van der Waals surface area contributed by atoms with Crippen LogP contribution in [0.2, 0.25) is 0 Å². The second kappa shape index (κ2) is 10.5. The third-order valence-corrected chi connectivity index (χ3v) is 5.49. The first-order chi connectivity index (χ1) is 13.7. The van der Waals surface area contributed by atoms with Gasteiger partial charge in [0.05, 0.1) is 12.2 Å². The minimum Gasteiger partial charge on any atom is -0.484 e. The first-order valence-electron chi connectivity index (χ1n) is 8.90. The van der Waals surface area contributed by atoms with Gasteiger partial charge in [-0.15, -0.1) is 11.8 Å². The van der Waals surface area contributed by atoms with Crippen LogP contribution in [0.5, 0.6) is 5.75 Å². The minimum atomic E-state index is -4.52. The predicted molar refractivity (Wildman–Crippen MR) is 108 cm³/mol. The van der Waals surface area contributed by atoms with Crippen molar-refractivity contribution in [3.8, 4) is 5.75 Å². The van der Waals surface area contributed by atoms with E-state index in [0.717, 1.165) is 29.6 Å². The largest absolute Gasteiger partial charge is 0.484 e. The molecular formula is C20H23F3N2O3S. The monoisotopic (exact) mass is 428 g/mol. The van der Waals surface area contributed by atoms with Gasteiger partial charge in [-0.05, 0) is 30.2 Å². The van der Waals surface area contributed by atoms with Crippen LogP contribution < -0.4 is 4.74 Å². The first-order valence-corrected chi connectivity index (χ1v) is 9.78. The lowest BCUT2D eigenvalue weighted by molar-refractivity contribution is -0.132. The maximum absolute atomic E-state index is 13.2. The number of hydrogen-bond donors (Lipinski definition) is 1. The SMILES string of the molecule is C=C(SC1CCN(C(=O)COc2ccc(CO)cc2)C1)/C(=C\C=NC)C(F)(F)F. The third kappa shape index (κ3) is 6.93. The number of likely N-dealkylation sites (tertiary alicyclic amines) is 1. The summed E-state index contributed by atoms with van der Waals surface area (Å²) in [4.78, 5) is 17.4. The summed E-state index contributed by atoms with van der Waals surface area (Å²) >= 11 is 1.03. The quantitative estimate of drug-likeness (QED) is 0.508. The van der Waals surface area contributed by atoms with Gasteiger partial charge in [-0.25, -0.2) is 0 Å². The summed E-state index contributed by atoms with van der Waals surface area (Å²) < 4.78 is 45.0. The fourth-order valence-corrected chi connectivity index (χ4v) is 3.93. The Morgan fingerprint density at radius 2 is 2.10 bits per heavy atom. The topological polar surface area (TPSA) is 62.1 Å². The molecule has 0 bridgehead atoms. The van der Waals surface area contributed by atoms with Crippen LogP contribution in [0.15, 0.2) is 52.4 Å². The molecule has 1 saturated heterocycles. The molecule has 158 valence electrons. The Hall–Kier alpha value is -2.26. The molecule has 1 aliphatic rings. The molecule has 0 radical (unpaired) electrons. The second-order valence-electron chi connectivity index (χ2n) is 6.37. The number of thioether (sulfide) groups is 1. The van der Waals surface area contributed by atoms with Crippen molar-refractivity contribution in [1.82, 2.24) is 4.90 Å². The van der Waals surface area contributed by atoms with Gasteiger partial charge < -0.3 is 14.7 Å². The zero-order valence-corrected chi connectivity index (χ0v) is 16.8. The van der Waals surface area contributed by atoms with Crippen LogP contribution in [-0.2, 0) is 11.4 Å². The van der Waals surface area contributed by atoms with E-state index in [0.29, 0.717) is 25.3 Å². The number of halogens is 3. The van der Waals surface area contributed by atoms with E-state index in [1.165, 1.54) is 7.05 Å². The molecule has 1 N–H and O–H groups in total. The Morgan fingerprint density at radius 3 is 2.69 bits per heavy atom. The smallest absolute Gasteiger partial charge is 0.417 e. The molecule has 1 atom stereocenters. The van der Waals surface area contributed by atoms with Gasteiger partial charge in [-0.1, -0.05) is 18.7 Å². The predicted octanol–water partition coefficient (Wildman–Crippen LogP) is 3.59. The molecular weight excluding hydrogens is 405 g/mol. The zero-order valence-electron chi connectivity index (χ0n) is 16.0. The molecule has 1 amide bonds. The number of hydrogen-bond acceptors (Lipinski definition) is 5. The Balaban J connectivity index is 1.86. The number of ether oxygens (including phenoxy) is 1. The average Bonchev–Trinajstić information content (AvgIpc) is 3.14. The van der Waals surface area contributed by atoms with Crippen LogP contribution >= 0.6 is 11.8 Å². The molecule has 0 aromatic heterocycles. The minimum absolute atomic E-state index is 0.0756. The molecule has 2 rings (SSSR count). The molecule has 0 aliphatic carbocycles. The highest BCUT2D eigenvalue weighted by Crippen LogP contribution is 2.39. The summed E-state index contributed by atoms with van der Waals surface area (Å²) in [6.07, 6.45) is -1.95. The van der Waals surface area contributed by atoms with Gasteiger partial charge in [0, 0.05) is 36.5 Å². The van der Waals surface area contributed by atoms with E-state index in [-0.39, 0.29) is 29.3 Å². The lowest BCUT2D eigenvalue weighted by Crippen LogP contribution is -2.33. The molecule has 1 aromatic rings. The van der Waals surface area contributed by atoms with Gasteiger partial charge in [0.15, 0.2) is 6.61 Å². The zero-order chi connectivity index (χ0) is 21.4. The fraction of sp³-hybridized carbons (Fsp3) is 0.400. The van der Waals surface area contributed by atoms with Crippen molar-refractivity contribution < 1.29 is 27.8 Å². The number of benzene rings is 1. The number of carbonyl (C=O) groups is 1. The van der Waals surface area contributed by atoms with E-state index < -0.39 is 11.7 Å². The molecule has 1 unspecified atom stereocenters. The van der Waals surface area contributed by atoms with Crippen LogP contribution in [0.1, 0.15) is 12.0 Å². The van der Waals surface area contributed by atoms with Gasteiger partial charge >= 0.3 is 6.18 Å². The van der Waals surface area contributed by atoms with Gasteiger partial charge in [0.1, 0.15) is 5.75 Å². The molecule has 1 aliphatic heterocycles. The lowest BCUT2D eigenvalue weighted by Gasteiger charge is -2.18. The first kappa shape index (κ1) is 23.0. The summed E-state index contributed by atoms with van der Waals surface area (Å²) in [6, 6.07) is 6.72. The van der Waals surface area contributed by atoms with E-state index in [1.54, 1.807) is 29.2 Å². The van der Waals surface area contributed by atoms with Gasteiger partial charge in [0.2, 0.25) is 0 Å². The number of rotatable bonds is 8. The highest BCUT2D eigenvalue weighted by Gasteiger charge is 2.37. The second-order valence-corrected chi connectivity index (χ2v) is 7.76. The normalized spacial score (nSPS) is 17.8. The highest BCUT2D eigenvalue weighted by atomic mass is 32.2.